The normalized spacial score (nSPS) is 11.4. The maximum absolute atomic E-state index is 14.1. The Bertz CT molecular complexity index is 932. The van der Waals surface area contributed by atoms with Crippen molar-refractivity contribution in [3.63, 3.8) is 0 Å². The van der Waals surface area contributed by atoms with Crippen LogP contribution in [-0.4, -0.2) is 22.3 Å². The predicted molar refractivity (Wildman–Crippen MR) is 116 cm³/mol. The second-order valence-corrected chi connectivity index (χ2v) is 7.04. The van der Waals surface area contributed by atoms with Crippen molar-refractivity contribution in [1.29, 1.82) is 0 Å². The molecule has 1 unspecified atom stereocenters. The van der Waals surface area contributed by atoms with E-state index in [4.69, 9.17) is 4.74 Å². The number of nitrogens with zero attached hydrogens (tertiary/aromatic N) is 1. The van der Waals surface area contributed by atoms with Gasteiger partial charge in [-0.3, -0.25) is 0 Å². The highest BCUT2D eigenvalue weighted by molar-refractivity contribution is 9.10. The van der Waals surface area contributed by atoms with Gasteiger partial charge in [-0.25, -0.2) is 9.37 Å². The molecule has 4 nitrogen and oxygen atoms in total. The Hall–Kier alpha value is -2.28. The van der Waals surface area contributed by atoms with Crippen LogP contribution in [0.25, 0.3) is 11.1 Å². The summed E-state index contributed by atoms with van der Waals surface area (Å²) in [5, 5.41) is 20.1. The zero-order valence-corrected chi connectivity index (χ0v) is 18.3. The highest BCUT2D eigenvalue weighted by atomic mass is 79.9. The minimum Gasteiger partial charge on any atom is -0.481 e. The maximum Gasteiger partial charge on any atom is 0.213 e. The van der Waals surface area contributed by atoms with Crippen molar-refractivity contribution in [2.45, 2.75) is 33.0 Å². The van der Waals surface area contributed by atoms with E-state index in [1.54, 1.807) is 24.3 Å². The molecule has 3 aromatic rings. The van der Waals surface area contributed by atoms with Crippen LogP contribution in [0.5, 0.6) is 5.88 Å². The molecule has 0 aliphatic heterocycles. The largest absolute Gasteiger partial charge is 0.481 e. The molecule has 154 valence electrons. The van der Waals surface area contributed by atoms with Crippen molar-refractivity contribution in [2.24, 2.45) is 0 Å². The first-order chi connectivity index (χ1) is 14.0. The molecule has 6 heteroatoms. The lowest BCUT2D eigenvalue weighted by atomic mass is 9.96. The van der Waals surface area contributed by atoms with Gasteiger partial charge in [0.05, 0.1) is 26.0 Å². The van der Waals surface area contributed by atoms with Crippen LogP contribution in [0.15, 0.2) is 59.2 Å². The predicted octanol–water partition coefficient (Wildman–Crippen LogP) is 5.45. The van der Waals surface area contributed by atoms with Crippen molar-refractivity contribution in [3.8, 4) is 17.0 Å². The molecule has 0 bridgehead atoms. The Morgan fingerprint density at radius 1 is 1.07 bits per heavy atom. The number of hydrogen-bond donors (Lipinski definition) is 2. The van der Waals surface area contributed by atoms with Gasteiger partial charge in [-0.05, 0) is 34.4 Å². The molecule has 1 atom stereocenters. The summed E-state index contributed by atoms with van der Waals surface area (Å²) in [7, 11) is 1.48. The summed E-state index contributed by atoms with van der Waals surface area (Å²) >= 11 is 3.41. The van der Waals surface area contributed by atoms with Crippen LogP contribution in [-0.2, 0) is 13.0 Å². The standard InChI is InChI=1S/C21H19BrFNO3.C2H6/c1-27-21-10-18(19(23)11-24-21)13-2-4-14(5-3-13)20(26)9-16-8-17(22)7-6-15(16)12-25;1-2/h2-8,10-11,20,25-26H,9,12H2,1H3;1-2H3. The molecule has 1 heterocycles. The molecular formula is C23H25BrFNO3. The van der Waals surface area contributed by atoms with Gasteiger partial charge in [0.15, 0.2) is 0 Å². The molecule has 2 N–H and O–H groups in total. The molecule has 1 aromatic heterocycles. The summed E-state index contributed by atoms with van der Waals surface area (Å²) in [6, 6.07) is 14.2. The van der Waals surface area contributed by atoms with E-state index in [0.717, 1.165) is 21.8 Å². The second kappa shape index (κ2) is 11.0. The van der Waals surface area contributed by atoms with Gasteiger partial charge in [0, 0.05) is 22.5 Å². The lowest BCUT2D eigenvalue weighted by Crippen LogP contribution is -2.04. The molecule has 0 radical (unpaired) electrons. The molecular weight excluding hydrogens is 437 g/mol. The third kappa shape index (κ3) is 5.85. The summed E-state index contributed by atoms with van der Waals surface area (Å²) in [6.45, 7) is 3.91. The number of halogens is 2. The van der Waals surface area contributed by atoms with Crippen molar-refractivity contribution < 1.29 is 19.3 Å². The Morgan fingerprint density at radius 2 is 1.76 bits per heavy atom. The van der Waals surface area contributed by atoms with E-state index < -0.39 is 11.9 Å². The highest BCUT2D eigenvalue weighted by Crippen LogP contribution is 2.28. The lowest BCUT2D eigenvalue weighted by molar-refractivity contribution is 0.177. The fourth-order valence-electron chi connectivity index (χ4n) is 2.90. The fourth-order valence-corrected chi connectivity index (χ4v) is 3.31. The number of rotatable bonds is 6. The van der Waals surface area contributed by atoms with Gasteiger partial charge in [-0.1, -0.05) is 60.1 Å². The quantitative estimate of drug-likeness (QED) is 0.511. The van der Waals surface area contributed by atoms with E-state index in [9.17, 15) is 14.6 Å². The third-order valence-electron chi connectivity index (χ3n) is 4.40. The van der Waals surface area contributed by atoms with E-state index >= 15 is 0 Å². The van der Waals surface area contributed by atoms with Gasteiger partial charge >= 0.3 is 0 Å². The first-order valence-electron chi connectivity index (χ1n) is 9.38. The molecule has 0 saturated heterocycles. The number of ether oxygens (including phenoxy) is 1. The van der Waals surface area contributed by atoms with Crippen molar-refractivity contribution in [1.82, 2.24) is 4.98 Å². The first kappa shape index (κ1) is 23.0. The van der Waals surface area contributed by atoms with Gasteiger partial charge in [0.1, 0.15) is 5.82 Å². The summed E-state index contributed by atoms with van der Waals surface area (Å²) in [5.41, 5.74) is 3.41. The Kier molecular flexibility index (Phi) is 8.76. The number of pyridine rings is 1. The SMILES string of the molecule is CC.COc1cc(-c2ccc(C(O)Cc3cc(Br)ccc3CO)cc2)c(F)cn1. The van der Waals surface area contributed by atoms with Gasteiger partial charge in [0.2, 0.25) is 5.88 Å². The van der Waals surface area contributed by atoms with Crippen molar-refractivity contribution in [3.05, 3.63) is 81.7 Å². The van der Waals surface area contributed by atoms with Gasteiger partial charge in [-0.2, -0.15) is 0 Å². The van der Waals surface area contributed by atoms with Crippen LogP contribution in [0.1, 0.15) is 36.6 Å². The van der Waals surface area contributed by atoms with E-state index in [1.807, 2.05) is 32.0 Å². The summed E-state index contributed by atoms with van der Waals surface area (Å²) in [5.74, 6) is -0.104. The molecule has 29 heavy (non-hydrogen) atoms. The maximum atomic E-state index is 14.1. The zero-order chi connectivity index (χ0) is 21.4. The Labute approximate surface area is 179 Å². The zero-order valence-electron chi connectivity index (χ0n) is 16.7. The van der Waals surface area contributed by atoms with Crippen LogP contribution in [0, 0.1) is 5.82 Å². The molecule has 0 spiro atoms. The Balaban J connectivity index is 0.00000145. The monoisotopic (exact) mass is 461 g/mol. The lowest BCUT2D eigenvalue weighted by Gasteiger charge is -2.15. The average Bonchev–Trinajstić information content (AvgIpc) is 2.76. The number of aliphatic hydroxyl groups excluding tert-OH is 2. The Morgan fingerprint density at radius 3 is 2.38 bits per heavy atom. The third-order valence-corrected chi connectivity index (χ3v) is 4.89. The van der Waals surface area contributed by atoms with Gasteiger partial charge in [-0.15, -0.1) is 0 Å². The molecule has 0 aliphatic rings. The van der Waals surface area contributed by atoms with Crippen LogP contribution >= 0.6 is 15.9 Å². The summed E-state index contributed by atoms with van der Waals surface area (Å²) in [6.07, 6.45) is 0.752. The minimum absolute atomic E-state index is 0.0859. The first-order valence-corrected chi connectivity index (χ1v) is 10.2. The molecule has 2 aromatic carbocycles. The van der Waals surface area contributed by atoms with Crippen LogP contribution in [0.2, 0.25) is 0 Å². The highest BCUT2D eigenvalue weighted by Gasteiger charge is 2.13. The summed E-state index contributed by atoms with van der Waals surface area (Å²) < 4.78 is 20.0. The van der Waals surface area contributed by atoms with Crippen LogP contribution in [0.4, 0.5) is 4.39 Å². The smallest absolute Gasteiger partial charge is 0.213 e. The fraction of sp³-hybridized carbons (Fsp3) is 0.261. The molecule has 0 amide bonds. The topological polar surface area (TPSA) is 62.6 Å². The number of aliphatic hydroxyl groups is 2. The van der Waals surface area contributed by atoms with E-state index in [2.05, 4.69) is 20.9 Å². The van der Waals surface area contributed by atoms with Gasteiger partial charge < -0.3 is 14.9 Å². The minimum atomic E-state index is -0.740. The number of hydrogen-bond acceptors (Lipinski definition) is 4. The molecule has 3 rings (SSSR count). The van der Waals surface area contributed by atoms with Gasteiger partial charge in [0.25, 0.3) is 0 Å². The van der Waals surface area contributed by atoms with E-state index in [-0.39, 0.29) is 6.61 Å². The van der Waals surface area contributed by atoms with Crippen LogP contribution < -0.4 is 4.74 Å². The van der Waals surface area contributed by atoms with E-state index in [1.165, 1.54) is 13.2 Å². The van der Waals surface area contributed by atoms with E-state index in [0.29, 0.717) is 29.0 Å². The average molecular weight is 462 g/mol. The van der Waals surface area contributed by atoms with Crippen LogP contribution in [0.3, 0.4) is 0 Å². The van der Waals surface area contributed by atoms with Crippen molar-refractivity contribution >= 4 is 15.9 Å². The molecule has 0 fully saturated rings. The van der Waals surface area contributed by atoms with Crippen molar-refractivity contribution in [2.75, 3.05) is 7.11 Å². The number of benzene rings is 2. The number of methoxy groups -OCH3 is 1. The number of aromatic nitrogens is 1. The summed E-state index contributed by atoms with van der Waals surface area (Å²) in [4.78, 5) is 3.84. The molecule has 0 saturated carbocycles. The second-order valence-electron chi connectivity index (χ2n) is 6.12. The molecule has 0 aliphatic carbocycles.